The maximum absolute atomic E-state index is 11.3. The van der Waals surface area contributed by atoms with Gasteiger partial charge in [-0.25, -0.2) is 5.43 Å². The molecule has 126 valence electrons. The van der Waals surface area contributed by atoms with E-state index in [1.54, 1.807) is 0 Å². The number of ether oxygens (including phenoxy) is 1. The van der Waals surface area contributed by atoms with E-state index in [0.717, 1.165) is 21.9 Å². The van der Waals surface area contributed by atoms with Gasteiger partial charge in [0.1, 0.15) is 12.4 Å². The Balaban J connectivity index is 0.00000208. The highest BCUT2D eigenvalue weighted by molar-refractivity contribution is 6.32. The molecule has 0 fully saturated rings. The number of benzene rings is 2. The van der Waals surface area contributed by atoms with Crippen LogP contribution in [0.3, 0.4) is 0 Å². The summed E-state index contributed by atoms with van der Waals surface area (Å²) >= 11 is 6.31. The van der Waals surface area contributed by atoms with Gasteiger partial charge in [0.15, 0.2) is 6.54 Å². The van der Waals surface area contributed by atoms with Crippen molar-refractivity contribution in [2.45, 2.75) is 6.61 Å². The molecule has 24 heavy (non-hydrogen) atoms. The predicted octanol–water partition coefficient (Wildman–Crippen LogP) is -1.77. The van der Waals surface area contributed by atoms with Crippen LogP contribution in [0.1, 0.15) is 11.1 Å². The maximum Gasteiger partial charge on any atom is 0.295 e. The van der Waals surface area contributed by atoms with Crippen LogP contribution in [0.4, 0.5) is 0 Å². The first-order chi connectivity index (χ1) is 11.1. The molecular weight excluding hydrogens is 349 g/mol. The van der Waals surface area contributed by atoms with Crippen molar-refractivity contribution >= 4 is 23.3 Å². The number of nitrogens with zero attached hydrogens (tertiary/aromatic N) is 1. The lowest BCUT2D eigenvalue weighted by molar-refractivity contribution is -0.774. The third kappa shape index (κ3) is 4.26. The molecule has 2 N–H and O–H groups in total. The van der Waals surface area contributed by atoms with Crippen LogP contribution in [-0.2, 0) is 11.4 Å². The summed E-state index contributed by atoms with van der Waals surface area (Å²) in [6, 6.07) is 15.4. The van der Waals surface area contributed by atoms with E-state index in [1.165, 1.54) is 0 Å². The van der Waals surface area contributed by atoms with Crippen LogP contribution in [-0.4, -0.2) is 25.3 Å². The Morgan fingerprint density at radius 2 is 2.00 bits per heavy atom. The lowest BCUT2D eigenvalue weighted by Gasteiger charge is -2.19. The molecule has 0 bridgehead atoms. The number of carbonyl (C=O) groups is 1. The molecule has 2 aromatic rings. The molecular formula is C17H17Cl2N3O2. The smallest absolute Gasteiger partial charge is 0.295 e. The number of hydrogen-bond donors (Lipinski definition) is 2. The number of amides is 1. The van der Waals surface area contributed by atoms with Gasteiger partial charge < -0.3 is 17.1 Å². The van der Waals surface area contributed by atoms with Crippen LogP contribution in [0.5, 0.6) is 5.75 Å². The highest BCUT2D eigenvalue weighted by Crippen LogP contribution is 2.26. The molecule has 0 spiro atoms. The van der Waals surface area contributed by atoms with Crippen molar-refractivity contribution in [2.75, 3.05) is 13.6 Å². The molecule has 5 nitrogen and oxygen atoms in total. The van der Waals surface area contributed by atoms with Crippen LogP contribution in [0.2, 0.25) is 5.02 Å². The van der Waals surface area contributed by atoms with Gasteiger partial charge in [0.25, 0.3) is 11.7 Å². The summed E-state index contributed by atoms with van der Waals surface area (Å²) in [4.78, 5) is 12.2. The molecule has 3 rings (SSSR count). The standard InChI is InChI=1S/C17H16ClN3O2.ClH/c1-21-10-16(22)19-20-17(21)13-7-8-15(14(18)9-13)23-11-12-5-3-2-4-6-12;/h2-9H,10-11H2,1H3,(H,19,22);1H. The number of nitrogens with one attached hydrogen (secondary N) is 2. The van der Waals surface area contributed by atoms with E-state index in [1.807, 2.05) is 55.6 Å². The van der Waals surface area contributed by atoms with Gasteiger partial charge in [-0.05, 0) is 23.8 Å². The molecule has 2 aromatic carbocycles. The summed E-state index contributed by atoms with van der Waals surface area (Å²) in [5, 5.41) is 4.63. The summed E-state index contributed by atoms with van der Waals surface area (Å²) in [6.45, 7) is 0.810. The zero-order valence-electron chi connectivity index (χ0n) is 13.1. The molecule has 0 aromatic heterocycles. The fraction of sp³-hybridized carbons (Fsp3) is 0.176. The Bertz CT molecular complexity index is 751. The zero-order chi connectivity index (χ0) is 16.2. The average Bonchev–Trinajstić information content (AvgIpc) is 2.55. The molecule has 1 aliphatic rings. The SMILES string of the molecule is C[NH+]1CC(=O)NN=C1c1ccc(OCc2ccccc2)c(Cl)c1.[Cl-]. The van der Waals surface area contributed by atoms with Crippen molar-refractivity contribution in [1.29, 1.82) is 0 Å². The van der Waals surface area contributed by atoms with E-state index in [9.17, 15) is 4.79 Å². The maximum atomic E-state index is 11.3. The Kier molecular flexibility index (Phi) is 6.20. The second-order valence-corrected chi connectivity index (χ2v) is 5.78. The second kappa shape index (κ2) is 8.15. The van der Waals surface area contributed by atoms with Gasteiger partial charge in [0.05, 0.1) is 17.6 Å². The van der Waals surface area contributed by atoms with Crippen LogP contribution >= 0.6 is 11.6 Å². The first-order valence-electron chi connectivity index (χ1n) is 7.29. The zero-order valence-corrected chi connectivity index (χ0v) is 14.6. The minimum absolute atomic E-state index is 0. The number of carbonyl (C=O) groups excluding carboxylic acids is 1. The van der Waals surface area contributed by atoms with Gasteiger partial charge in [0, 0.05) is 0 Å². The van der Waals surface area contributed by atoms with Crippen molar-refractivity contribution < 1.29 is 26.8 Å². The molecule has 7 heteroatoms. The third-order valence-corrected chi connectivity index (χ3v) is 3.86. The first-order valence-corrected chi connectivity index (χ1v) is 7.67. The Hall–Kier alpha value is -2.08. The lowest BCUT2D eigenvalue weighted by Crippen LogP contribution is -3.14. The van der Waals surface area contributed by atoms with E-state index in [-0.39, 0.29) is 18.3 Å². The third-order valence-electron chi connectivity index (χ3n) is 3.56. The van der Waals surface area contributed by atoms with Crippen LogP contribution in [0, 0.1) is 0 Å². The lowest BCUT2D eigenvalue weighted by atomic mass is 10.1. The fourth-order valence-electron chi connectivity index (χ4n) is 2.39. The Labute approximate surface area is 151 Å². The second-order valence-electron chi connectivity index (χ2n) is 5.37. The molecule has 1 amide bonds. The fourth-order valence-corrected chi connectivity index (χ4v) is 2.62. The summed E-state index contributed by atoms with van der Waals surface area (Å²) in [5.41, 5.74) is 4.44. The molecule has 0 aliphatic carbocycles. The minimum Gasteiger partial charge on any atom is -1.00 e. The highest BCUT2D eigenvalue weighted by Gasteiger charge is 2.24. The molecule has 0 radical (unpaired) electrons. The number of halogens is 2. The molecule has 1 unspecified atom stereocenters. The molecule has 0 saturated carbocycles. The van der Waals surface area contributed by atoms with E-state index >= 15 is 0 Å². The number of amidine groups is 1. The number of hydrazone groups is 1. The van der Waals surface area contributed by atoms with Crippen LogP contribution in [0.25, 0.3) is 0 Å². The molecule has 0 saturated heterocycles. The Morgan fingerprint density at radius 1 is 1.25 bits per heavy atom. The number of rotatable bonds is 4. The van der Waals surface area contributed by atoms with E-state index in [4.69, 9.17) is 16.3 Å². The van der Waals surface area contributed by atoms with Gasteiger partial charge in [0.2, 0.25) is 0 Å². The monoisotopic (exact) mass is 365 g/mol. The normalized spacial score (nSPS) is 16.7. The first kappa shape index (κ1) is 18.3. The van der Waals surface area contributed by atoms with Gasteiger partial charge in [-0.2, -0.15) is 0 Å². The summed E-state index contributed by atoms with van der Waals surface area (Å²) in [5.74, 6) is 1.28. The van der Waals surface area contributed by atoms with Crippen molar-refractivity contribution in [3.63, 3.8) is 0 Å². The van der Waals surface area contributed by atoms with Crippen molar-refractivity contribution in [3.8, 4) is 5.75 Å². The summed E-state index contributed by atoms with van der Waals surface area (Å²) < 4.78 is 5.76. The van der Waals surface area contributed by atoms with E-state index in [2.05, 4.69) is 10.5 Å². The van der Waals surface area contributed by atoms with Crippen LogP contribution < -0.4 is 27.5 Å². The summed E-state index contributed by atoms with van der Waals surface area (Å²) in [6.07, 6.45) is 0. The highest BCUT2D eigenvalue weighted by atomic mass is 35.5. The van der Waals surface area contributed by atoms with E-state index in [0.29, 0.717) is 23.9 Å². The van der Waals surface area contributed by atoms with Gasteiger partial charge in [-0.1, -0.05) is 41.9 Å². The molecule has 1 heterocycles. The number of quaternary nitrogens is 1. The molecule has 1 aliphatic heterocycles. The summed E-state index contributed by atoms with van der Waals surface area (Å²) in [7, 11) is 1.89. The van der Waals surface area contributed by atoms with Gasteiger partial charge in [-0.3, -0.25) is 9.69 Å². The van der Waals surface area contributed by atoms with Gasteiger partial charge >= 0.3 is 0 Å². The van der Waals surface area contributed by atoms with Crippen molar-refractivity contribution in [2.24, 2.45) is 5.10 Å². The van der Waals surface area contributed by atoms with Crippen molar-refractivity contribution in [1.82, 2.24) is 5.43 Å². The van der Waals surface area contributed by atoms with Crippen molar-refractivity contribution in [3.05, 3.63) is 64.7 Å². The Morgan fingerprint density at radius 3 is 2.67 bits per heavy atom. The minimum atomic E-state index is -0.0971. The van der Waals surface area contributed by atoms with E-state index < -0.39 is 0 Å². The quantitative estimate of drug-likeness (QED) is 0.673. The number of hydrogen-bond acceptors (Lipinski definition) is 3. The predicted molar refractivity (Wildman–Crippen MR) is 88.7 cm³/mol. The van der Waals surface area contributed by atoms with Gasteiger partial charge in [-0.15, -0.1) is 5.10 Å². The largest absolute Gasteiger partial charge is 1.00 e. The van der Waals surface area contributed by atoms with Crippen LogP contribution in [0.15, 0.2) is 53.6 Å². The topological polar surface area (TPSA) is 55.1 Å². The molecule has 1 atom stereocenters. The average molecular weight is 366 g/mol. The number of likely N-dealkylation sites (N-methyl/N-ethyl adjacent to an activating group) is 1.